The first-order valence-electron chi connectivity index (χ1n) is 6.36. The fourth-order valence-electron chi connectivity index (χ4n) is 1.73. The molecule has 0 saturated carbocycles. The van der Waals surface area contributed by atoms with Gasteiger partial charge in [0.25, 0.3) is 0 Å². The van der Waals surface area contributed by atoms with E-state index in [2.05, 4.69) is 10.6 Å². The topological polar surface area (TPSA) is 78.4 Å². The zero-order chi connectivity index (χ0) is 15.3. The van der Waals surface area contributed by atoms with Gasteiger partial charge >= 0.3 is 12.0 Å². The maximum absolute atomic E-state index is 13.6. The molecule has 1 aromatic rings. The Bertz CT molecular complexity index is 503. The van der Waals surface area contributed by atoms with Gasteiger partial charge in [0.05, 0.1) is 5.69 Å². The van der Waals surface area contributed by atoms with Crippen molar-refractivity contribution in [3.05, 3.63) is 29.6 Å². The Morgan fingerprint density at radius 3 is 2.50 bits per heavy atom. The van der Waals surface area contributed by atoms with Gasteiger partial charge < -0.3 is 15.7 Å². The lowest BCUT2D eigenvalue weighted by molar-refractivity contribution is -0.139. The minimum atomic E-state index is -1.11. The number of carboxylic acid groups (broad SMARTS) is 1. The summed E-state index contributed by atoms with van der Waals surface area (Å²) in [7, 11) is 0. The van der Waals surface area contributed by atoms with Crippen LogP contribution in [0.2, 0.25) is 0 Å². The Morgan fingerprint density at radius 1 is 1.35 bits per heavy atom. The maximum Gasteiger partial charge on any atom is 0.326 e. The van der Waals surface area contributed by atoms with E-state index < -0.39 is 23.9 Å². The Kier molecular flexibility index (Phi) is 5.49. The van der Waals surface area contributed by atoms with E-state index in [4.69, 9.17) is 5.11 Å². The summed E-state index contributed by atoms with van der Waals surface area (Å²) in [4.78, 5) is 22.7. The first-order valence-corrected chi connectivity index (χ1v) is 6.36. The number of benzene rings is 1. The van der Waals surface area contributed by atoms with Crippen molar-refractivity contribution < 1.29 is 19.1 Å². The predicted octanol–water partition coefficient (Wildman–Crippen LogP) is 2.75. The number of rotatable bonds is 5. The van der Waals surface area contributed by atoms with Gasteiger partial charge in [-0.1, -0.05) is 19.9 Å². The number of amides is 2. The summed E-state index contributed by atoms with van der Waals surface area (Å²) in [5, 5.41) is 13.6. The van der Waals surface area contributed by atoms with Crippen LogP contribution in [0.3, 0.4) is 0 Å². The van der Waals surface area contributed by atoms with Crippen molar-refractivity contribution >= 4 is 17.7 Å². The highest BCUT2D eigenvalue weighted by atomic mass is 19.1. The van der Waals surface area contributed by atoms with E-state index >= 15 is 0 Å². The number of nitrogens with one attached hydrogen (secondary N) is 2. The molecule has 0 aromatic heterocycles. The molecule has 0 aliphatic heterocycles. The molecule has 0 bridgehead atoms. The molecule has 0 aliphatic rings. The average molecular weight is 282 g/mol. The monoisotopic (exact) mass is 282 g/mol. The number of urea groups is 1. The van der Waals surface area contributed by atoms with Crippen molar-refractivity contribution in [2.75, 3.05) is 5.32 Å². The molecule has 6 heteroatoms. The van der Waals surface area contributed by atoms with Gasteiger partial charge in [0.2, 0.25) is 0 Å². The molecule has 0 saturated heterocycles. The molecule has 0 heterocycles. The summed E-state index contributed by atoms with van der Waals surface area (Å²) in [6.07, 6.45) is 0.305. The van der Waals surface area contributed by atoms with Crippen molar-refractivity contribution in [1.29, 1.82) is 0 Å². The second kappa shape index (κ2) is 6.88. The molecule has 3 N–H and O–H groups in total. The average Bonchev–Trinajstić information content (AvgIpc) is 2.31. The van der Waals surface area contributed by atoms with Gasteiger partial charge in [-0.3, -0.25) is 0 Å². The van der Waals surface area contributed by atoms with Crippen LogP contribution in [0.5, 0.6) is 0 Å². The van der Waals surface area contributed by atoms with E-state index in [1.807, 2.05) is 13.8 Å². The predicted molar refractivity (Wildman–Crippen MR) is 74.2 cm³/mol. The van der Waals surface area contributed by atoms with Crippen LogP contribution in [0.1, 0.15) is 25.8 Å². The third kappa shape index (κ3) is 4.87. The second-order valence-corrected chi connectivity index (χ2v) is 5.10. The number of carbonyl (C=O) groups excluding carboxylic acids is 1. The van der Waals surface area contributed by atoms with Crippen LogP contribution in [0.15, 0.2) is 18.2 Å². The molecule has 1 aromatic carbocycles. The Morgan fingerprint density at radius 2 is 2.00 bits per heavy atom. The zero-order valence-corrected chi connectivity index (χ0v) is 11.7. The fourth-order valence-corrected chi connectivity index (χ4v) is 1.73. The second-order valence-electron chi connectivity index (χ2n) is 5.10. The summed E-state index contributed by atoms with van der Waals surface area (Å²) in [5.74, 6) is -1.55. The molecule has 0 spiro atoms. The van der Waals surface area contributed by atoms with Gasteiger partial charge in [0.15, 0.2) is 0 Å². The molecule has 2 amide bonds. The Balaban J connectivity index is 2.68. The van der Waals surface area contributed by atoms with Crippen molar-refractivity contribution in [2.45, 2.75) is 33.2 Å². The summed E-state index contributed by atoms with van der Waals surface area (Å²) in [6, 6.07) is 2.65. The number of aryl methyl sites for hydroxylation is 1. The van der Waals surface area contributed by atoms with E-state index in [0.717, 1.165) is 5.56 Å². The number of hydrogen-bond donors (Lipinski definition) is 3. The summed E-state index contributed by atoms with van der Waals surface area (Å²) in [6.45, 7) is 5.44. The van der Waals surface area contributed by atoms with E-state index in [0.29, 0.717) is 6.42 Å². The van der Waals surface area contributed by atoms with Gasteiger partial charge in [-0.05, 0) is 37.0 Å². The van der Waals surface area contributed by atoms with E-state index in [1.54, 1.807) is 13.0 Å². The van der Waals surface area contributed by atoms with Crippen LogP contribution in [-0.4, -0.2) is 23.1 Å². The normalized spacial score (nSPS) is 12.1. The number of hydrogen-bond acceptors (Lipinski definition) is 2. The highest BCUT2D eigenvalue weighted by Crippen LogP contribution is 2.15. The Labute approximate surface area is 117 Å². The highest BCUT2D eigenvalue weighted by Gasteiger charge is 2.21. The minimum Gasteiger partial charge on any atom is -0.480 e. The number of aliphatic carboxylic acids is 1. The number of halogens is 1. The van der Waals surface area contributed by atoms with Gasteiger partial charge in [-0.25, -0.2) is 14.0 Å². The van der Waals surface area contributed by atoms with Crippen LogP contribution in [-0.2, 0) is 4.79 Å². The van der Waals surface area contributed by atoms with Crippen LogP contribution >= 0.6 is 0 Å². The standard InChI is InChI=1S/C14H19FN2O3/c1-8(2)6-12(13(18)19)17-14(20)16-11-5-4-9(3)7-10(11)15/h4-5,7-8,12H,6H2,1-3H3,(H,18,19)(H2,16,17,20)/t12-/m1/s1. The smallest absolute Gasteiger partial charge is 0.326 e. The zero-order valence-electron chi connectivity index (χ0n) is 11.7. The number of carbonyl (C=O) groups is 2. The van der Waals surface area contributed by atoms with Gasteiger partial charge in [-0.15, -0.1) is 0 Å². The molecular weight excluding hydrogens is 263 g/mol. The van der Waals surface area contributed by atoms with E-state index in [-0.39, 0.29) is 11.6 Å². The maximum atomic E-state index is 13.6. The van der Waals surface area contributed by atoms with Crippen LogP contribution < -0.4 is 10.6 Å². The summed E-state index contributed by atoms with van der Waals surface area (Å²) in [5.41, 5.74) is 0.749. The van der Waals surface area contributed by atoms with E-state index in [9.17, 15) is 14.0 Å². The van der Waals surface area contributed by atoms with Gasteiger partial charge in [-0.2, -0.15) is 0 Å². The van der Waals surface area contributed by atoms with Gasteiger partial charge in [0, 0.05) is 0 Å². The van der Waals surface area contributed by atoms with Crippen molar-refractivity contribution in [2.24, 2.45) is 5.92 Å². The number of anilines is 1. The first kappa shape index (κ1) is 15.9. The fraction of sp³-hybridized carbons (Fsp3) is 0.429. The molecule has 0 radical (unpaired) electrons. The third-order valence-electron chi connectivity index (χ3n) is 2.68. The van der Waals surface area contributed by atoms with Crippen LogP contribution in [0, 0.1) is 18.7 Å². The lowest BCUT2D eigenvalue weighted by Gasteiger charge is -2.17. The molecular formula is C14H19FN2O3. The first-order chi connectivity index (χ1) is 9.29. The quantitative estimate of drug-likeness (QED) is 0.777. The Hall–Kier alpha value is -2.11. The highest BCUT2D eigenvalue weighted by molar-refractivity contribution is 5.92. The lowest BCUT2D eigenvalue weighted by Crippen LogP contribution is -2.43. The van der Waals surface area contributed by atoms with Crippen LogP contribution in [0.25, 0.3) is 0 Å². The molecule has 1 atom stereocenters. The largest absolute Gasteiger partial charge is 0.480 e. The lowest BCUT2D eigenvalue weighted by atomic mass is 10.0. The number of carboxylic acids is 1. The summed E-state index contributed by atoms with van der Waals surface area (Å²) >= 11 is 0. The van der Waals surface area contributed by atoms with E-state index in [1.165, 1.54) is 12.1 Å². The molecule has 0 aliphatic carbocycles. The SMILES string of the molecule is Cc1ccc(NC(=O)N[C@H](CC(C)C)C(=O)O)c(F)c1. The van der Waals surface area contributed by atoms with Crippen molar-refractivity contribution in [1.82, 2.24) is 5.32 Å². The molecule has 0 unspecified atom stereocenters. The van der Waals surface area contributed by atoms with Crippen LogP contribution in [0.4, 0.5) is 14.9 Å². The molecule has 5 nitrogen and oxygen atoms in total. The third-order valence-corrected chi connectivity index (χ3v) is 2.68. The molecule has 20 heavy (non-hydrogen) atoms. The van der Waals surface area contributed by atoms with Gasteiger partial charge in [0.1, 0.15) is 11.9 Å². The minimum absolute atomic E-state index is 0.0155. The van der Waals surface area contributed by atoms with Crippen molar-refractivity contribution in [3.63, 3.8) is 0 Å². The molecule has 0 fully saturated rings. The molecule has 1 rings (SSSR count). The molecule has 110 valence electrons. The summed E-state index contributed by atoms with van der Waals surface area (Å²) < 4.78 is 13.6. The van der Waals surface area contributed by atoms with Crippen molar-refractivity contribution in [3.8, 4) is 0 Å².